The number of thiophene rings is 1. The van der Waals surface area contributed by atoms with Crippen molar-refractivity contribution in [2.75, 3.05) is 52.5 Å². The zero-order valence-electron chi connectivity index (χ0n) is 18.1. The van der Waals surface area contributed by atoms with Gasteiger partial charge in [0.1, 0.15) is 0 Å². The molecule has 4 heterocycles. The van der Waals surface area contributed by atoms with Crippen LogP contribution in [-0.4, -0.2) is 77.8 Å². The summed E-state index contributed by atoms with van der Waals surface area (Å²) in [6, 6.07) is 5.13. The maximum absolute atomic E-state index is 5.58. The van der Waals surface area contributed by atoms with E-state index in [4.69, 9.17) is 9.73 Å². The average Bonchev–Trinajstić information content (AvgIpc) is 3.49. The topological polar surface area (TPSA) is 57.9 Å². The fraction of sp³-hybridized carbons (Fsp3) is 0.636. The molecule has 8 heteroatoms. The van der Waals surface area contributed by atoms with E-state index in [-0.39, 0.29) is 0 Å². The zero-order valence-corrected chi connectivity index (χ0v) is 18.9. The molecule has 2 aromatic heterocycles. The Bertz CT molecular complexity index is 772. The molecule has 0 spiro atoms. The van der Waals surface area contributed by atoms with Crippen LogP contribution in [0.15, 0.2) is 41.2 Å². The number of morpholine rings is 1. The Morgan fingerprint density at radius 1 is 1.37 bits per heavy atom. The van der Waals surface area contributed by atoms with Crippen LogP contribution in [0.2, 0.25) is 0 Å². The Morgan fingerprint density at radius 3 is 2.93 bits per heavy atom. The minimum Gasteiger partial charge on any atom is -0.379 e. The summed E-state index contributed by atoms with van der Waals surface area (Å²) in [7, 11) is 0. The molecular formula is C22H34N6OS. The van der Waals surface area contributed by atoms with Crippen molar-refractivity contribution in [1.82, 2.24) is 24.7 Å². The number of ether oxygens (including phenoxy) is 1. The van der Waals surface area contributed by atoms with Gasteiger partial charge in [0, 0.05) is 50.0 Å². The number of nitrogens with zero attached hydrogens (tertiary/aromatic N) is 5. The van der Waals surface area contributed by atoms with Gasteiger partial charge in [-0.3, -0.25) is 9.89 Å². The number of piperidine rings is 1. The Hall–Kier alpha value is -1.90. The summed E-state index contributed by atoms with van der Waals surface area (Å²) in [5.74, 6) is 1.66. The number of guanidine groups is 1. The maximum atomic E-state index is 5.58. The van der Waals surface area contributed by atoms with Crippen LogP contribution in [0, 0.1) is 5.92 Å². The van der Waals surface area contributed by atoms with Crippen molar-refractivity contribution in [3.8, 4) is 0 Å². The van der Waals surface area contributed by atoms with Crippen LogP contribution < -0.4 is 5.32 Å². The first-order valence-corrected chi connectivity index (χ1v) is 12.0. The van der Waals surface area contributed by atoms with Gasteiger partial charge in [-0.2, -0.15) is 0 Å². The van der Waals surface area contributed by atoms with Crippen molar-refractivity contribution in [2.24, 2.45) is 10.9 Å². The molecule has 7 nitrogen and oxygen atoms in total. The number of rotatable bonds is 6. The highest BCUT2D eigenvalue weighted by Gasteiger charge is 2.29. The SMILES string of the molecule is CCNC(=NCC(c1cccs1)N1CCOCC1)N1CCC(C)C(n2ccnc2)C1. The number of nitrogens with one attached hydrogen (secondary N) is 1. The van der Waals surface area contributed by atoms with Crippen molar-refractivity contribution < 1.29 is 4.74 Å². The molecule has 2 aliphatic heterocycles. The highest BCUT2D eigenvalue weighted by atomic mass is 32.1. The number of hydrogen-bond donors (Lipinski definition) is 1. The van der Waals surface area contributed by atoms with Crippen LogP contribution in [0.1, 0.15) is 37.2 Å². The lowest BCUT2D eigenvalue weighted by Gasteiger charge is -2.39. The molecule has 1 N–H and O–H groups in total. The van der Waals surface area contributed by atoms with Gasteiger partial charge >= 0.3 is 0 Å². The highest BCUT2D eigenvalue weighted by molar-refractivity contribution is 7.10. The van der Waals surface area contributed by atoms with Gasteiger partial charge < -0.3 is 19.5 Å². The van der Waals surface area contributed by atoms with Crippen molar-refractivity contribution in [2.45, 2.75) is 32.4 Å². The average molecular weight is 431 g/mol. The fourth-order valence-corrected chi connectivity index (χ4v) is 5.30. The van der Waals surface area contributed by atoms with Crippen molar-refractivity contribution in [3.63, 3.8) is 0 Å². The summed E-state index contributed by atoms with van der Waals surface area (Å²) in [5, 5.41) is 5.71. The van der Waals surface area contributed by atoms with Gasteiger partial charge in [-0.15, -0.1) is 11.3 Å². The first kappa shape index (κ1) is 21.3. The Kier molecular flexibility index (Phi) is 7.41. The van der Waals surface area contributed by atoms with Crippen LogP contribution in [0.3, 0.4) is 0 Å². The Morgan fingerprint density at radius 2 is 2.23 bits per heavy atom. The molecule has 3 atom stereocenters. The van der Waals surface area contributed by atoms with Crippen LogP contribution in [0.5, 0.6) is 0 Å². The van der Waals surface area contributed by atoms with Crippen LogP contribution in [0.4, 0.5) is 0 Å². The second kappa shape index (κ2) is 10.4. The zero-order chi connectivity index (χ0) is 20.8. The van der Waals surface area contributed by atoms with Gasteiger partial charge in [0.25, 0.3) is 0 Å². The summed E-state index contributed by atoms with van der Waals surface area (Å²) >= 11 is 1.83. The molecule has 0 amide bonds. The largest absolute Gasteiger partial charge is 0.379 e. The highest BCUT2D eigenvalue weighted by Crippen LogP contribution is 2.29. The van der Waals surface area contributed by atoms with Crippen molar-refractivity contribution >= 4 is 17.3 Å². The van der Waals surface area contributed by atoms with Gasteiger partial charge in [-0.1, -0.05) is 13.0 Å². The predicted molar refractivity (Wildman–Crippen MR) is 122 cm³/mol. The van der Waals surface area contributed by atoms with Gasteiger partial charge in [0.2, 0.25) is 0 Å². The Labute approximate surface area is 183 Å². The van der Waals surface area contributed by atoms with Crippen LogP contribution in [-0.2, 0) is 4.74 Å². The van der Waals surface area contributed by atoms with Crippen LogP contribution >= 0.6 is 11.3 Å². The number of aromatic nitrogens is 2. The van der Waals surface area contributed by atoms with Gasteiger partial charge in [0.15, 0.2) is 5.96 Å². The second-order valence-corrected chi connectivity index (χ2v) is 9.14. The van der Waals surface area contributed by atoms with Crippen molar-refractivity contribution in [1.29, 1.82) is 0 Å². The van der Waals surface area contributed by atoms with Gasteiger partial charge in [-0.05, 0) is 30.7 Å². The summed E-state index contributed by atoms with van der Waals surface area (Å²) in [6.07, 6.45) is 7.06. The summed E-state index contributed by atoms with van der Waals surface area (Å²) in [5.41, 5.74) is 0. The second-order valence-electron chi connectivity index (χ2n) is 8.16. The van der Waals surface area contributed by atoms with Gasteiger partial charge in [-0.25, -0.2) is 4.98 Å². The first-order chi connectivity index (χ1) is 14.8. The fourth-order valence-electron chi connectivity index (χ4n) is 4.45. The lowest BCUT2D eigenvalue weighted by Crippen LogP contribution is -2.49. The third-order valence-corrected chi connectivity index (χ3v) is 7.21. The number of imidazole rings is 1. The molecule has 0 saturated carbocycles. The Balaban J connectivity index is 1.50. The van der Waals surface area contributed by atoms with E-state index in [2.05, 4.69) is 62.2 Å². The third-order valence-electron chi connectivity index (χ3n) is 6.23. The molecule has 30 heavy (non-hydrogen) atoms. The molecule has 0 aliphatic carbocycles. The molecule has 2 aromatic rings. The molecule has 4 rings (SSSR count). The monoisotopic (exact) mass is 430 g/mol. The van der Waals surface area contributed by atoms with Crippen LogP contribution in [0.25, 0.3) is 0 Å². The predicted octanol–water partition coefficient (Wildman–Crippen LogP) is 2.87. The number of aliphatic imine (C=N–C) groups is 1. The number of hydrogen-bond acceptors (Lipinski definition) is 5. The quantitative estimate of drug-likeness (QED) is 0.564. The maximum Gasteiger partial charge on any atom is 0.194 e. The van der Waals surface area contributed by atoms with E-state index in [0.29, 0.717) is 18.0 Å². The molecule has 0 bridgehead atoms. The normalized spacial score (nSPS) is 24.7. The lowest BCUT2D eigenvalue weighted by atomic mass is 9.93. The van der Waals surface area contributed by atoms with E-state index >= 15 is 0 Å². The molecule has 0 radical (unpaired) electrons. The van der Waals surface area contributed by atoms with E-state index in [9.17, 15) is 0 Å². The van der Waals surface area contributed by atoms with E-state index in [1.165, 1.54) is 4.88 Å². The molecule has 3 unspecified atom stereocenters. The third kappa shape index (κ3) is 5.04. The first-order valence-electron chi connectivity index (χ1n) is 11.1. The van der Waals surface area contributed by atoms with E-state index in [1.54, 1.807) is 0 Å². The summed E-state index contributed by atoms with van der Waals surface area (Å²) in [6.45, 7) is 11.7. The lowest BCUT2D eigenvalue weighted by molar-refractivity contribution is 0.0186. The standard InChI is InChI=1S/C22H34N6OS/c1-3-24-22(27-8-6-18(2)20(16-27)28-9-7-23-17-28)25-15-19(21-5-4-14-30-21)26-10-12-29-13-11-26/h4-5,7,9,14,17-20H,3,6,8,10-13,15-16H2,1-2H3,(H,24,25). The summed E-state index contributed by atoms with van der Waals surface area (Å²) < 4.78 is 7.83. The van der Waals surface area contributed by atoms with E-state index in [1.807, 2.05) is 23.9 Å². The molecule has 0 aromatic carbocycles. The molecule has 2 saturated heterocycles. The minimum absolute atomic E-state index is 0.315. The molecular weight excluding hydrogens is 396 g/mol. The molecule has 2 fully saturated rings. The number of likely N-dealkylation sites (tertiary alicyclic amines) is 1. The van der Waals surface area contributed by atoms with Crippen molar-refractivity contribution in [3.05, 3.63) is 41.1 Å². The van der Waals surface area contributed by atoms with E-state index in [0.717, 1.165) is 64.9 Å². The minimum atomic E-state index is 0.315. The summed E-state index contributed by atoms with van der Waals surface area (Å²) in [4.78, 5) is 15.7. The molecule has 2 aliphatic rings. The smallest absolute Gasteiger partial charge is 0.194 e. The van der Waals surface area contributed by atoms with E-state index < -0.39 is 0 Å². The van der Waals surface area contributed by atoms with Gasteiger partial charge in [0.05, 0.1) is 38.2 Å². The molecule has 164 valence electrons.